The van der Waals surface area contributed by atoms with E-state index in [9.17, 15) is 4.79 Å². The Hall–Kier alpha value is -2.37. The van der Waals surface area contributed by atoms with Gasteiger partial charge in [-0.3, -0.25) is 0 Å². The molecule has 2 amide bonds. The van der Waals surface area contributed by atoms with Gasteiger partial charge in [-0.2, -0.15) is 0 Å². The molecule has 126 valence electrons. The van der Waals surface area contributed by atoms with Gasteiger partial charge in [0.05, 0.1) is 12.7 Å². The van der Waals surface area contributed by atoms with Gasteiger partial charge < -0.3 is 20.7 Å². The Bertz CT molecular complexity index is 662. The first-order valence-corrected chi connectivity index (χ1v) is 8.23. The minimum Gasteiger partial charge on any atom is -0.371 e. The maximum atomic E-state index is 12.0. The number of hydrogen-bond acceptors (Lipinski definition) is 3. The number of hydrogen-bond donors (Lipinski definition) is 3. The molecule has 0 aromatic heterocycles. The van der Waals surface area contributed by atoms with Crippen molar-refractivity contribution >= 4 is 11.7 Å². The highest BCUT2D eigenvalue weighted by atomic mass is 16.5. The summed E-state index contributed by atoms with van der Waals surface area (Å²) in [5, 5.41) is 9.02. The van der Waals surface area contributed by atoms with Crippen molar-refractivity contribution in [2.75, 3.05) is 25.0 Å². The molecule has 0 bridgehead atoms. The van der Waals surface area contributed by atoms with Crippen molar-refractivity contribution in [3.63, 3.8) is 0 Å². The van der Waals surface area contributed by atoms with Crippen LogP contribution in [0.5, 0.6) is 0 Å². The molecule has 1 saturated heterocycles. The van der Waals surface area contributed by atoms with Gasteiger partial charge in [-0.15, -0.1) is 0 Å². The van der Waals surface area contributed by atoms with Crippen molar-refractivity contribution in [2.45, 2.75) is 19.6 Å². The molecule has 5 nitrogen and oxygen atoms in total. The highest BCUT2D eigenvalue weighted by Gasteiger charge is 2.15. The van der Waals surface area contributed by atoms with Crippen LogP contribution in [0.2, 0.25) is 0 Å². The van der Waals surface area contributed by atoms with Crippen molar-refractivity contribution in [1.29, 1.82) is 0 Å². The zero-order chi connectivity index (χ0) is 16.8. The molecule has 0 unspecified atom stereocenters. The molecule has 1 heterocycles. The van der Waals surface area contributed by atoms with Gasteiger partial charge in [0.2, 0.25) is 0 Å². The largest absolute Gasteiger partial charge is 0.371 e. The number of ether oxygens (including phenoxy) is 1. The number of aryl methyl sites for hydroxylation is 1. The van der Waals surface area contributed by atoms with E-state index in [-0.39, 0.29) is 12.1 Å². The lowest BCUT2D eigenvalue weighted by molar-refractivity contribution is 0.0277. The third kappa shape index (κ3) is 4.57. The summed E-state index contributed by atoms with van der Waals surface area (Å²) >= 11 is 0. The Kier molecular flexibility index (Phi) is 5.46. The summed E-state index contributed by atoms with van der Waals surface area (Å²) in [4.78, 5) is 12.0. The summed E-state index contributed by atoms with van der Waals surface area (Å²) in [6.45, 7) is 5.00. The van der Waals surface area contributed by atoms with E-state index in [1.807, 2.05) is 55.5 Å². The smallest absolute Gasteiger partial charge is 0.319 e. The van der Waals surface area contributed by atoms with E-state index in [4.69, 9.17) is 4.74 Å². The number of amides is 2. The van der Waals surface area contributed by atoms with Gasteiger partial charge >= 0.3 is 6.03 Å². The Morgan fingerprint density at radius 3 is 2.58 bits per heavy atom. The minimum absolute atomic E-state index is 0.0863. The fourth-order valence-corrected chi connectivity index (χ4v) is 2.62. The minimum atomic E-state index is -0.209. The van der Waals surface area contributed by atoms with Gasteiger partial charge in [0.25, 0.3) is 0 Å². The normalized spacial score (nSPS) is 17.3. The van der Waals surface area contributed by atoms with Crippen molar-refractivity contribution in [1.82, 2.24) is 10.6 Å². The predicted octanol–water partition coefficient (Wildman–Crippen LogP) is 2.98. The molecule has 1 aliphatic heterocycles. The fourth-order valence-electron chi connectivity index (χ4n) is 2.62. The lowest BCUT2D eigenvalue weighted by Crippen LogP contribution is -2.33. The topological polar surface area (TPSA) is 62.4 Å². The number of carbonyl (C=O) groups is 1. The fraction of sp³-hybridized carbons (Fsp3) is 0.316. The van der Waals surface area contributed by atoms with Crippen LogP contribution in [0.15, 0.2) is 48.5 Å². The molecule has 0 radical (unpaired) electrons. The molecule has 24 heavy (non-hydrogen) atoms. The number of nitrogens with one attached hydrogen (secondary N) is 3. The quantitative estimate of drug-likeness (QED) is 0.810. The molecular weight excluding hydrogens is 302 g/mol. The van der Waals surface area contributed by atoms with Crippen molar-refractivity contribution in [3.05, 3.63) is 65.2 Å². The summed E-state index contributed by atoms with van der Waals surface area (Å²) in [7, 11) is 0. The van der Waals surface area contributed by atoms with E-state index in [1.54, 1.807) is 0 Å². The van der Waals surface area contributed by atoms with Crippen LogP contribution in [-0.4, -0.2) is 25.7 Å². The highest BCUT2D eigenvalue weighted by molar-refractivity contribution is 5.89. The maximum Gasteiger partial charge on any atom is 0.319 e. The first-order valence-electron chi connectivity index (χ1n) is 8.23. The number of rotatable bonds is 4. The zero-order valence-corrected chi connectivity index (χ0v) is 13.8. The number of urea groups is 1. The van der Waals surface area contributed by atoms with Gasteiger partial charge in [0.15, 0.2) is 0 Å². The second-order valence-corrected chi connectivity index (χ2v) is 5.98. The van der Waals surface area contributed by atoms with E-state index >= 15 is 0 Å². The van der Waals surface area contributed by atoms with Crippen LogP contribution < -0.4 is 16.0 Å². The second-order valence-electron chi connectivity index (χ2n) is 5.98. The number of morpholine rings is 1. The zero-order valence-electron chi connectivity index (χ0n) is 13.8. The van der Waals surface area contributed by atoms with Crippen molar-refractivity contribution in [3.8, 4) is 0 Å². The average Bonchev–Trinajstić information content (AvgIpc) is 2.63. The Morgan fingerprint density at radius 2 is 1.92 bits per heavy atom. The predicted molar refractivity (Wildman–Crippen MR) is 95.0 cm³/mol. The monoisotopic (exact) mass is 325 g/mol. The second kappa shape index (κ2) is 7.95. The highest BCUT2D eigenvalue weighted by Crippen LogP contribution is 2.20. The van der Waals surface area contributed by atoms with Crippen LogP contribution in [0.4, 0.5) is 10.5 Å². The van der Waals surface area contributed by atoms with Crippen LogP contribution in [-0.2, 0) is 11.3 Å². The van der Waals surface area contributed by atoms with E-state index in [0.29, 0.717) is 6.54 Å². The van der Waals surface area contributed by atoms with Crippen molar-refractivity contribution < 1.29 is 9.53 Å². The standard InChI is InChI=1S/C19H23N3O2/c1-14-2-4-15(5-3-14)12-21-19(23)22-17-8-6-16(7-9-17)18-13-20-10-11-24-18/h2-9,18,20H,10-13H2,1H3,(H2,21,22,23)/t18-/m0/s1. The third-order valence-electron chi connectivity index (χ3n) is 4.04. The first kappa shape index (κ1) is 16.5. The first-order chi connectivity index (χ1) is 11.7. The maximum absolute atomic E-state index is 12.0. The van der Waals surface area contributed by atoms with Crippen LogP contribution in [0.3, 0.4) is 0 Å². The lowest BCUT2D eigenvalue weighted by atomic mass is 10.1. The van der Waals surface area contributed by atoms with E-state index < -0.39 is 0 Å². The molecule has 3 N–H and O–H groups in total. The van der Waals surface area contributed by atoms with E-state index in [2.05, 4.69) is 16.0 Å². The SMILES string of the molecule is Cc1ccc(CNC(=O)Nc2ccc([C@@H]3CNCCO3)cc2)cc1. The molecule has 0 aliphatic carbocycles. The summed E-state index contributed by atoms with van der Waals surface area (Å²) in [6.07, 6.45) is 0.0863. The summed E-state index contributed by atoms with van der Waals surface area (Å²) < 4.78 is 5.72. The molecular formula is C19H23N3O2. The Morgan fingerprint density at radius 1 is 1.17 bits per heavy atom. The Balaban J connectivity index is 1.49. The lowest BCUT2D eigenvalue weighted by Gasteiger charge is -2.24. The Labute approximate surface area is 142 Å². The molecule has 1 atom stereocenters. The van der Waals surface area contributed by atoms with Crippen LogP contribution in [0.1, 0.15) is 22.8 Å². The summed E-state index contributed by atoms with van der Waals surface area (Å²) in [5.74, 6) is 0. The molecule has 0 saturated carbocycles. The average molecular weight is 325 g/mol. The molecule has 2 aromatic carbocycles. The van der Waals surface area contributed by atoms with E-state index in [1.165, 1.54) is 5.56 Å². The number of anilines is 1. The van der Waals surface area contributed by atoms with Gasteiger partial charge in [0, 0.05) is 25.3 Å². The molecule has 0 spiro atoms. The molecule has 1 aliphatic rings. The molecule has 3 rings (SSSR count). The summed E-state index contributed by atoms with van der Waals surface area (Å²) in [5.41, 5.74) is 4.17. The van der Waals surface area contributed by atoms with Crippen LogP contribution >= 0.6 is 0 Å². The molecule has 2 aromatic rings. The van der Waals surface area contributed by atoms with E-state index in [0.717, 1.165) is 36.5 Å². The van der Waals surface area contributed by atoms with Gasteiger partial charge in [-0.05, 0) is 30.2 Å². The van der Waals surface area contributed by atoms with Crippen LogP contribution in [0.25, 0.3) is 0 Å². The number of benzene rings is 2. The van der Waals surface area contributed by atoms with Gasteiger partial charge in [-0.25, -0.2) is 4.79 Å². The summed E-state index contributed by atoms with van der Waals surface area (Å²) in [6, 6.07) is 15.7. The molecule has 5 heteroatoms. The third-order valence-corrected chi connectivity index (χ3v) is 4.04. The number of carbonyl (C=O) groups excluding carboxylic acids is 1. The van der Waals surface area contributed by atoms with Crippen molar-refractivity contribution in [2.24, 2.45) is 0 Å². The molecule has 1 fully saturated rings. The van der Waals surface area contributed by atoms with Crippen LogP contribution in [0, 0.1) is 6.92 Å². The van der Waals surface area contributed by atoms with Gasteiger partial charge in [0.1, 0.15) is 0 Å². The van der Waals surface area contributed by atoms with Gasteiger partial charge in [-0.1, -0.05) is 42.0 Å².